The van der Waals surface area contributed by atoms with E-state index < -0.39 is 12.6 Å². The van der Waals surface area contributed by atoms with Gasteiger partial charge in [-0.2, -0.15) is 8.78 Å². The number of benzene rings is 2. The van der Waals surface area contributed by atoms with Crippen molar-refractivity contribution < 1.29 is 27.5 Å². The minimum Gasteiger partial charge on any atom is -0.465 e. The summed E-state index contributed by atoms with van der Waals surface area (Å²) in [6.07, 6.45) is 0. The van der Waals surface area contributed by atoms with Crippen LogP contribution >= 0.6 is 11.8 Å². The quantitative estimate of drug-likeness (QED) is 0.274. The Balaban J connectivity index is 1.55. The van der Waals surface area contributed by atoms with E-state index in [-0.39, 0.29) is 16.9 Å². The number of esters is 1. The number of pyridine rings is 1. The normalized spacial score (nSPS) is 11.2. The van der Waals surface area contributed by atoms with Crippen LogP contribution in [0.5, 0.6) is 5.75 Å². The third kappa shape index (κ3) is 4.54. The molecule has 0 saturated heterocycles. The lowest BCUT2D eigenvalue weighted by atomic mass is 10.0. The molecule has 4 aromatic rings. The molecule has 2 aromatic carbocycles. The van der Waals surface area contributed by atoms with E-state index in [0.29, 0.717) is 22.6 Å². The van der Waals surface area contributed by atoms with Crippen LogP contribution in [0.1, 0.15) is 21.6 Å². The maximum atomic E-state index is 12.4. The smallest absolute Gasteiger partial charge is 0.387 e. The van der Waals surface area contributed by atoms with E-state index >= 15 is 0 Å². The number of carbonyl (C=O) groups is 1. The Kier molecular flexibility index (Phi) is 6.31. The molecule has 10 heteroatoms. The van der Waals surface area contributed by atoms with Crippen molar-refractivity contribution >= 4 is 28.6 Å². The number of nitrogens with zero attached hydrogens (tertiary/aromatic N) is 3. The third-order valence-corrected chi connectivity index (χ3v) is 5.51. The average Bonchev–Trinajstić information content (AvgIpc) is 3.26. The number of hydrogen-bond acceptors (Lipinski definition) is 8. The molecule has 0 bridgehead atoms. The van der Waals surface area contributed by atoms with Crippen LogP contribution in [0.3, 0.4) is 0 Å². The number of halogens is 2. The Bertz CT molecular complexity index is 1260. The number of fused-ring (bicyclic) bond motifs is 1. The van der Waals surface area contributed by atoms with Gasteiger partial charge in [-0.1, -0.05) is 30.0 Å². The zero-order chi connectivity index (χ0) is 22.7. The van der Waals surface area contributed by atoms with Gasteiger partial charge in [0.15, 0.2) is 0 Å². The summed E-state index contributed by atoms with van der Waals surface area (Å²) in [6, 6.07) is 13.4. The van der Waals surface area contributed by atoms with E-state index in [4.69, 9.17) is 9.15 Å². The summed E-state index contributed by atoms with van der Waals surface area (Å²) < 4.78 is 39.5. The minimum atomic E-state index is -2.89. The van der Waals surface area contributed by atoms with E-state index in [0.717, 1.165) is 16.5 Å². The van der Waals surface area contributed by atoms with Gasteiger partial charge in [0.25, 0.3) is 5.22 Å². The molecule has 0 spiro atoms. The van der Waals surface area contributed by atoms with Gasteiger partial charge in [0.1, 0.15) is 5.75 Å². The van der Waals surface area contributed by atoms with Crippen LogP contribution in [0.2, 0.25) is 0 Å². The van der Waals surface area contributed by atoms with Gasteiger partial charge < -0.3 is 13.9 Å². The second-order valence-electron chi connectivity index (χ2n) is 6.63. The molecule has 0 aliphatic rings. The molecule has 164 valence electrons. The van der Waals surface area contributed by atoms with Gasteiger partial charge in [0, 0.05) is 16.7 Å². The molecule has 0 unspecified atom stereocenters. The molecule has 32 heavy (non-hydrogen) atoms. The molecule has 0 aliphatic carbocycles. The van der Waals surface area contributed by atoms with Gasteiger partial charge in [0.05, 0.1) is 23.9 Å². The number of aromatic nitrogens is 3. The second-order valence-corrected chi connectivity index (χ2v) is 7.56. The predicted octanol–water partition coefficient (Wildman–Crippen LogP) is 5.27. The first-order valence-corrected chi connectivity index (χ1v) is 10.4. The first kappa shape index (κ1) is 21.7. The van der Waals surface area contributed by atoms with Crippen LogP contribution in [0.4, 0.5) is 8.78 Å². The zero-order valence-corrected chi connectivity index (χ0v) is 17.9. The fraction of sp³-hybridized carbons (Fsp3) is 0.182. The second kappa shape index (κ2) is 9.31. The fourth-order valence-electron chi connectivity index (χ4n) is 3.21. The Morgan fingerprint density at radius 2 is 1.88 bits per heavy atom. The number of ether oxygens (including phenoxy) is 2. The molecule has 0 saturated carbocycles. The lowest BCUT2D eigenvalue weighted by molar-refractivity contribution is -0.0498. The summed E-state index contributed by atoms with van der Waals surface area (Å²) in [5.41, 5.74) is 3.07. The summed E-state index contributed by atoms with van der Waals surface area (Å²) in [7, 11) is 1.33. The summed E-state index contributed by atoms with van der Waals surface area (Å²) in [4.78, 5) is 17.0. The molecule has 4 rings (SSSR count). The highest BCUT2D eigenvalue weighted by Gasteiger charge is 2.20. The Hall–Kier alpha value is -3.53. The van der Waals surface area contributed by atoms with Crippen LogP contribution < -0.4 is 4.74 Å². The largest absolute Gasteiger partial charge is 0.465 e. The first-order valence-electron chi connectivity index (χ1n) is 9.44. The maximum Gasteiger partial charge on any atom is 0.387 e. The molecular formula is C22H17F2N3O4S. The molecule has 7 nitrogen and oxygen atoms in total. The standard InChI is InChI=1S/C22H17F2N3O4S/c1-12-15-5-3-4-6-16(15)25-17(18(12)20(28)29-2)11-32-22-27-26-19(31-22)13-7-9-14(10-8-13)30-21(23)24/h3-10,21H,11H2,1-2H3. The van der Waals surface area contributed by atoms with Crippen molar-refractivity contribution in [1.29, 1.82) is 0 Å². The van der Waals surface area contributed by atoms with Crippen molar-refractivity contribution in [3.05, 3.63) is 65.4 Å². The number of methoxy groups -OCH3 is 1. The molecule has 0 N–H and O–H groups in total. The number of thioether (sulfide) groups is 1. The summed E-state index contributed by atoms with van der Waals surface area (Å²) in [5, 5.41) is 9.15. The molecule has 0 aliphatic heterocycles. The van der Waals surface area contributed by atoms with Crippen molar-refractivity contribution in [2.75, 3.05) is 7.11 Å². The van der Waals surface area contributed by atoms with Crippen LogP contribution in [0.25, 0.3) is 22.4 Å². The fourth-order valence-corrected chi connectivity index (χ4v) is 3.92. The Morgan fingerprint density at radius 1 is 1.12 bits per heavy atom. The molecular weight excluding hydrogens is 440 g/mol. The molecule has 0 radical (unpaired) electrons. The van der Waals surface area contributed by atoms with Crippen molar-refractivity contribution in [2.45, 2.75) is 24.5 Å². The van der Waals surface area contributed by atoms with Gasteiger partial charge in [-0.05, 0) is 42.8 Å². The number of para-hydroxylation sites is 1. The first-order chi connectivity index (χ1) is 15.5. The van der Waals surface area contributed by atoms with Crippen LogP contribution in [-0.2, 0) is 10.5 Å². The average molecular weight is 457 g/mol. The van der Waals surface area contributed by atoms with Crippen molar-refractivity contribution in [2.24, 2.45) is 0 Å². The minimum absolute atomic E-state index is 0.0333. The highest BCUT2D eigenvalue weighted by atomic mass is 32.2. The van der Waals surface area contributed by atoms with Crippen molar-refractivity contribution in [1.82, 2.24) is 15.2 Å². The number of hydrogen-bond donors (Lipinski definition) is 0. The van der Waals surface area contributed by atoms with Crippen LogP contribution in [0.15, 0.2) is 58.2 Å². The predicted molar refractivity (Wildman–Crippen MR) is 114 cm³/mol. The van der Waals surface area contributed by atoms with E-state index in [1.54, 1.807) is 12.1 Å². The highest BCUT2D eigenvalue weighted by Crippen LogP contribution is 2.30. The zero-order valence-electron chi connectivity index (χ0n) is 17.0. The number of aryl methyl sites for hydroxylation is 1. The van der Waals surface area contributed by atoms with E-state index in [9.17, 15) is 13.6 Å². The third-order valence-electron chi connectivity index (χ3n) is 4.68. The summed E-state index contributed by atoms with van der Waals surface area (Å²) >= 11 is 1.23. The number of alkyl halides is 2. The SMILES string of the molecule is COC(=O)c1c(CSc2nnc(-c3ccc(OC(F)F)cc3)o2)nc2ccccc2c1C. The van der Waals surface area contributed by atoms with Crippen molar-refractivity contribution in [3.63, 3.8) is 0 Å². The van der Waals surface area contributed by atoms with Crippen LogP contribution in [-0.4, -0.2) is 34.9 Å². The van der Waals surface area contributed by atoms with Gasteiger partial charge in [-0.25, -0.2) is 4.79 Å². The van der Waals surface area contributed by atoms with E-state index in [1.807, 2.05) is 31.2 Å². The summed E-state index contributed by atoms with van der Waals surface area (Å²) in [6.45, 7) is -1.04. The number of rotatable bonds is 7. The Labute approximate surface area is 185 Å². The molecule has 0 fully saturated rings. The lowest BCUT2D eigenvalue weighted by Crippen LogP contribution is -2.10. The van der Waals surface area contributed by atoms with Gasteiger partial charge in [0.2, 0.25) is 5.89 Å². The molecule has 2 aromatic heterocycles. The highest BCUT2D eigenvalue weighted by molar-refractivity contribution is 7.98. The van der Waals surface area contributed by atoms with E-state index in [2.05, 4.69) is 19.9 Å². The maximum absolute atomic E-state index is 12.4. The Morgan fingerprint density at radius 3 is 2.59 bits per heavy atom. The summed E-state index contributed by atoms with van der Waals surface area (Å²) in [5.74, 6) is 0.102. The van der Waals surface area contributed by atoms with Crippen molar-refractivity contribution in [3.8, 4) is 17.2 Å². The molecule has 0 atom stereocenters. The number of carbonyl (C=O) groups excluding carboxylic acids is 1. The molecule has 2 heterocycles. The molecule has 0 amide bonds. The lowest BCUT2D eigenvalue weighted by Gasteiger charge is -2.12. The van der Waals surface area contributed by atoms with Gasteiger partial charge in [-0.15, -0.1) is 10.2 Å². The van der Waals surface area contributed by atoms with Gasteiger partial charge in [-0.3, -0.25) is 4.98 Å². The van der Waals surface area contributed by atoms with Crippen LogP contribution in [0, 0.1) is 6.92 Å². The van der Waals surface area contributed by atoms with E-state index in [1.165, 1.54) is 31.0 Å². The monoisotopic (exact) mass is 457 g/mol. The topological polar surface area (TPSA) is 87.3 Å². The van der Waals surface area contributed by atoms with Gasteiger partial charge >= 0.3 is 12.6 Å².